The fraction of sp³-hybridized carbons (Fsp3) is 0.409. The van der Waals surface area contributed by atoms with Gasteiger partial charge in [-0.15, -0.1) is 11.3 Å². The van der Waals surface area contributed by atoms with E-state index in [-0.39, 0.29) is 24.1 Å². The molecule has 0 fully saturated rings. The van der Waals surface area contributed by atoms with Crippen molar-refractivity contribution in [1.82, 2.24) is 14.5 Å². The highest BCUT2D eigenvalue weighted by atomic mass is 32.1. The summed E-state index contributed by atoms with van der Waals surface area (Å²) in [5.41, 5.74) is 1.08. The van der Waals surface area contributed by atoms with E-state index in [1.165, 1.54) is 26.0 Å². The third kappa shape index (κ3) is 5.03. The minimum absolute atomic E-state index is 0.0117. The molecule has 3 rings (SSSR count). The van der Waals surface area contributed by atoms with Gasteiger partial charge in [0.15, 0.2) is 0 Å². The van der Waals surface area contributed by atoms with Gasteiger partial charge in [0.1, 0.15) is 11.2 Å². The molecule has 7 heteroatoms. The molecule has 0 aliphatic rings. The van der Waals surface area contributed by atoms with Gasteiger partial charge in [-0.2, -0.15) is 0 Å². The Morgan fingerprint density at radius 3 is 2.62 bits per heavy atom. The van der Waals surface area contributed by atoms with Crippen LogP contribution in [-0.2, 0) is 24.3 Å². The summed E-state index contributed by atoms with van der Waals surface area (Å²) in [6, 6.07) is 11.9. The number of benzene rings is 1. The van der Waals surface area contributed by atoms with E-state index in [1.807, 2.05) is 32.0 Å². The lowest BCUT2D eigenvalue weighted by Crippen LogP contribution is -2.43. The quantitative estimate of drug-likeness (QED) is 0.586. The van der Waals surface area contributed by atoms with Crippen LogP contribution < -0.4 is 16.6 Å². The molecule has 0 aliphatic carbocycles. The van der Waals surface area contributed by atoms with Gasteiger partial charge in [0, 0.05) is 12.6 Å². The highest BCUT2D eigenvalue weighted by Crippen LogP contribution is 2.15. The van der Waals surface area contributed by atoms with Gasteiger partial charge in [-0.3, -0.25) is 18.7 Å². The fourth-order valence-electron chi connectivity index (χ4n) is 3.36. The molecule has 154 valence electrons. The average Bonchev–Trinajstić information content (AvgIpc) is 3.20. The molecule has 3 aromatic rings. The van der Waals surface area contributed by atoms with Gasteiger partial charge in [0.05, 0.1) is 5.52 Å². The number of aromatic nitrogens is 2. The Bertz CT molecular complexity index is 1080. The van der Waals surface area contributed by atoms with Gasteiger partial charge in [-0.05, 0) is 43.2 Å². The molecule has 6 nitrogen and oxygen atoms in total. The van der Waals surface area contributed by atoms with Crippen molar-refractivity contribution in [3.05, 3.63) is 68.2 Å². The van der Waals surface area contributed by atoms with Crippen molar-refractivity contribution in [2.24, 2.45) is 0 Å². The Morgan fingerprint density at radius 2 is 1.90 bits per heavy atom. The summed E-state index contributed by atoms with van der Waals surface area (Å²) in [6.45, 7) is 4.26. The zero-order chi connectivity index (χ0) is 20.8. The van der Waals surface area contributed by atoms with Crippen LogP contribution in [0.15, 0.2) is 51.4 Å². The van der Waals surface area contributed by atoms with Crippen LogP contribution >= 0.6 is 11.3 Å². The summed E-state index contributed by atoms with van der Waals surface area (Å²) in [5, 5.41) is 4.76. The largest absolute Gasteiger partial charge is 0.352 e. The number of fused-ring (bicyclic) bond motifs is 1. The summed E-state index contributed by atoms with van der Waals surface area (Å²) in [4.78, 5) is 38.1. The normalized spacial score (nSPS) is 12.2. The highest BCUT2D eigenvalue weighted by molar-refractivity contribution is 7.17. The smallest absolute Gasteiger partial charge is 0.332 e. The molecule has 0 bridgehead atoms. The summed E-state index contributed by atoms with van der Waals surface area (Å²) < 4.78 is 3.20. The number of unbranched alkanes of at least 4 members (excludes halogenated alkanes) is 1. The maximum absolute atomic E-state index is 12.9. The van der Waals surface area contributed by atoms with E-state index in [9.17, 15) is 14.4 Å². The van der Waals surface area contributed by atoms with E-state index in [2.05, 4.69) is 17.4 Å². The Kier molecular flexibility index (Phi) is 7.04. The fourth-order valence-corrected chi connectivity index (χ4v) is 4.21. The van der Waals surface area contributed by atoms with Crippen molar-refractivity contribution in [3.8, 4) is 0 Å². The maximum Gasteiger partial charge on any atom is 0.332 e. The molecule has 0 aliphatic heterocycles. The predicted molar refractivity (Wildman–Crippen MR) is 118 cm³/mol. The van der Waals surface area contributed by atoms with E-state index in [1.54, 1.807) is 11.4 Å². The molecule has 1 amide bonds. The molecule has 2 heterocycles. The van der Waals surface area contributed by atoms with Crippen molar-refractivity contribution in [2.75, 3.05) is 0 Å². The monoisotopic (exact) mass is 413 g/mol. The van der Waals surface area contributed by atoms with E-state index in [4.69, 9.17) is 0 Å². The average molecular weight is 414 g/mol. The van der Waals surface area contributed by atoms with Crippen LogP contribution in [0.25, 0.3) is 10.2 Å². The highest BCUT2D eigenvalue weighted by Gasteiger charge is 2.17. The van der Waals surface area contributed by atoms with Crippen molar-refractivity contribution >= 4 is 27.5 Å². The maximum atomic E-state index is 12.9. The number of rotatable bonds is 9. The Hall–Kier alpha value is -2.67. The number of nitrogens with zero attached hydrogens (tertiary/aromatic N) is 2. The summed E-state index contributed by atoms with van der Waals surface area (Å²) in [6.07, 6.45) is 3.32. The van der Waals surface area contributed by atoms with Crippen LogP contribution in [0.2, 0.25) is 0 Å². The molecular formula is C22H27N3O3S. The predicted octanol–water partition coefficient (Wildman–Crippen LogP) is 3.16. The van der Waals surface area contributed by atoms with Crippen LogP contribution in [-0.4, -0.2) is 21.1 Å². The van der Waals surface area contributed by atoms with Gasteiger partial charge >= 0.3 is 5.69 Å². The second-order valence-electron chi connectivity index (χ2n) is 7.31. The molecule has 0 saturated carbocycles. The first-order chi connectivity index (χ1) is 14.0. The topological polar surface area (TPSA) is 73.1 Å². The first-order valence-corrected chi connectivity index (χ1v) is 10.9. The first-order valence-electron chi connectivity index (χ1n) is 10.1. The van der Waals surface area contributed by atoms with E-state index < -0.39 is 5.69 Å². The second-order valence-corrected chi connectivity index (χ2v) is 8.22. The van der Waals surface area contributed by atoms with Crippen molar-refractivity contribution < 1.29 is 4.79 Å². The van der Waals surface area contributed by atoms with Gasteiger partial charge in [-0.25, -0.2) is 4.79 Å². The Balaban J connectivity index is 1.73. The van der Waals surface area contributed by atoms with Gasteiger partial charge in [-0.1, -0.05) is 43.7 Å². The van der Waals surface area contributed by atoms with Crippen LogP contribution in [0.1, 0.15) is 38.7 Å². The number of aryl methyl sites for hydroxylation is 1. The lowest BCUT2D eigenvalue weighted by molar-refractivity contribution is -0.122. The third-order valence-corrected chi connectivity index (χ3v) is 5.88. The molecule has 29 heavy (non-hydrogen) atoms. The SMILES string of the molecule is CCCCn1c(=O)c2sccc2n(CC(=O)NC(C)CCc2ccccc2)c1=O. The molecule has 1 N–H and O–H groups in total. The zero-order valence-corrected chi connectivity index (χ0v) is 17.7. The minimum atomic E-state index is -0.415. The van der Waals surface area contributed by atoms with Gasteiger partial charge in [0.25, 0.3) is 5.56 Å². The Labute approximate surface area is 173 Å². The van der Waals surface area contributed by atoms with E-state index in [0.29, 0.717) is 16.8 Å². The number of nitrogens with one attached hydrogen (secondary N) is 1. The molecular weight excluding hydrogens is 386 g/mol. The number of carbonyl (C=O) groups excluding carboxylic acids is 1. The van der Waals surface area contributed by atoms with Crippen molar-refractivity contribution in [2.45, 2.75) is 58.7 Å². The third-order valence-electron chi connectivity index (χ3n) is 4.99. The number of thiophene rings is 1. The molecule has 2 aromatic heterocycles. The van der Waals surface area contributed by atoms with Crippen LogP contribution in [0.3, 0.4) is 0 Å². The molecule has 1 unspecified atom stereocenters. The number of hydrogen-bond acceptors (Lipinski definition) is 4. The standard InChI is InChI=1S/C22H27N3O3S/c1-3-4-13-24-21(27)20-18(12-14-29-20)25(22(24)28)15-19(26)23-16(2)10-11-17-8-6-5-7-9-17/h5-9,12,14,16H,3-4,10-11,13,15H2,1-2H3,(H,23,26). The molecule has 0 radical (unpaired) electrons. The summed E-state index contributed by atoms with van der Waals surface area (Å²) in [7, 11) is 0. The molecule has 0 saturated heterocycles. The molecule has 0 spiro atoms. The second kappa shape index (κ2) is 9.69. The lowest BCUT2D eigenvalue weighted by atomic mass is 10.1. The first kappa shape index (κ1) is 21.0. The van der Waals surface area contributed by atoms with Crippen molar-refractivity contribution in [3.63, 3.8) is 0 Å². The number of amides is 1. The van der Waals surface area contributed by atoms with Gasteiger partial charge in [0.2, 0.25) is 5.91 Å². The zero-order valence-electron chi connectivity index (χ0n) is 16.9. The van der Waals surface area contributed by atoms with Crippen LogP contribution in [0.5, 0.6) is 0 Å². The number of carbonyl (C=O) groups is 1. The molecule has 1 atom stereocenters. The van der Waals surface area contributed by atoms with Gasteiger partial charge < -0.3 is 5.32 Å². The van der Waals surface area contributed by atoms with E-state index >= 15 is 0 Å². The van der Waals surface area contributed by atoms with E-state index in [0.717, 1.165) is 25.7 Å². The number of hydrogen-bond donors (Lipinski definition) is 1. The lowest BCUT2D eigenvalue weighted by Gasteiger charge is -2.16. The Morgan fingerprint density at radius 1 is 1.14 bits per heavy atom. The van der Waals surface area contributed by atoms with Crippen LogP contribution in [0, 0.1) is 0 Å². The summed E-state index contributed by atoms with van der Waals surface area (Å²) in [5.74, 6) is -0.221. The molecule has 1 aromatic carbocycles. The van der Waals surface area contributed by atoms with Crippen LogP contribution in [0.4, 0.5) is 0 Å². The van der Waals surface area contributed by atoms with Crippen molar-refractivity contribution in [1.29, 1.82) is 0 Å². The summed E-state index contributed by atoms with van der Waals surface area (Å²) >= 11 is 1.31. The minimum Gasteiger partial charge on any atom is -0.352 e.